The molecule has 22 heavy (non-hydrogen) atoms. The first-order valence-corrected chi connectivity index (χ1v) is 7.44. The third-order valence-corrected chi connectivity index (χ3v) is 3.68. The third-order valence-electron chi connectivity index (χ3n) is 3.68. The number of nitrogens with zero attached hydrogens (tertiary/aromatic N) is 1. The maximum absolute atomic E-state index is 10.9. The molecule has 1 atom stereocenters. The highest BCUT2D eigenvalue weighted by molar-refractivity contribution is 5.85. The molecule has 1 fully saturated rings. The zero-order valence-electron chi connectivity index (χ0n) is 13.2. The second kappa shape index (κ2) is 10.8. The topological polar surface area (TPSA) is 41.6 Å². The smallest absolute Gasteiger partial charge is 0.308 e. The van der Waals surface area contributed by atoms with Gasteiger partial charge in [-0.15, -0.1) is 24.8 Å². The predicted molar refractivity (Wildman–Crippen MR) is 94.3 cm³/mol. The molecule has 1 N–H and O–H groups in total. The fourth-order valence-electron chi connectivity index (χ4n) is 2.75. The Kier molecular flexibility index (Phi) is 10.4. The predicted octanol–water partition coefficient (Wildman–Crippen LogP) is 3.20. The lowest BCUT2D eigenvalue weighted by molar-refractivity contribution is -0.131. The summed E-state index contributed by atoms with van der Waals surface area (Å²) in [5, 5.41) is 3.39. The lowest BCUT2D eigenvalue weighted by atomic mass is 10.00. The molecule has 0 amide bonds. The van der Waals surface area contributed by atoms with Crippen molar-refractivity contribution in [2.45, 2.75) is 32.7 Å². The van der Waals surface area contributed by atoms with Crippen molar-refractivity contribution in [3.05, 3.63) is 29.8 Å². The van der Waals surface area contributed by atoms with Crippen LogP contribution >= 0.6 is 24.8 Å². The average molecular weight is 349 g/mol. The quantitative estimate of drug-likeness (QED) is 0.655. The Morgan fingerprint density at radius 2 is 1.82 bits per heavy atom. The van der Waals surface area contributed by atoms with E-state index >= 15 is 0 Å². The number of halogens is 2. The van der Waals surface area contributed by atoms with Gasteiger partial charge in [0.05, 0.1) is 0 Å². The minimum atomic E-state index is -0.273. The normalized spacial score (nSPS) is 16.1. The number of hydrogen-bond acceptors (Lipinski definition) is 4. The average Bonchev–Trinajstić information content (AvgIpc) is 2.46. The first kappa shape index (κ1) is 21.2. The van der Waals surface area contributed by atoms with Crippen molar-refractivity contribution in [3.63, 3.8) is 0 Å². The molecule has 0 bridgehead atoms. The Bertz CT molecular complexity index is 434. The molecule has 1 aliphatic rings. The van der Waals surface area contributed by atoms with Crippen LogP contribution in [0, 0.1) is 0 Å². The van der Waals surface area contributed by atoms with Gasteiger partial charge in [-0.1, -0.05) is 25.5 Å². The number of rotatable bonds is 5. The van der Waals surface area contributed by atoms with Gasteiger partial charge >= 0.3 is 5.97 Å². The van der Waals surface area contributed by atoms with Crippen molar-refractivity contribution in [1.82, 2.24) is 10.2 Å². The lowest BCUT2D eigenvalue weighted by Gasteiger charge is -2.35. The van der Waals surface area contributed by atoms with E-state index in [1.54, 1.807) is 0 Å². The molecule has 2 rings (SSSR count). The zero-order chi connectivity index (χ0) is 14.4. The second-order valence-electron chi connectivity index (χ2n) is 5.25. The van der Waals surface area contributed by atoms with Crippen LogP contribution in [0.3, 0.4) is 0 Å². The van der Waals surface area contributed by atoms with Gasteiger partial charge in [-0.2, -0.15) is 0 Å². The van der Waals surface area contributed by atoms with Gasteiger partial charge in [0.15, 0.2) is 0 Å². The van der Waals surface area contributed by atoms with Gasteiger partial charge in [-0.05, 0) is 24.1 Å². The van der Waals surface area contributed by atoms with Crippen LogP contribution in [0.5, 0.6) is 5.75 Å². The summed E-state index contributed by atoms with van der Waals surface area (Å²) in [6.45, 7) is 7.96. The van der Waals surface area contributed by atoms with Crippen LogP contribution < -0.4 is 10.1 Å². The number of benzene rings is 1. The number of carbonyl (C=O) groups is 1. The van der Waals surface area contributed by atoms with E-state index in [1.807, 2.05) is 12.1 Å². The summed E-state index contributed by atoms with van der Waals surface area (Å²) in [5.41, 5.74) is 1.31. The maximum atomic E-state index is 10.9. The molecule has 6 heteroatoms. The molecule has 4 nitrogen and oxygen atoms in total. The van der Waals surface area contributed by atoms with Gasteiger partial charge in [0.25, 0.3) is 0 Å². The van der Waals surface area contributed by atoms with Crippen LogP contribution in [0.25, 0.3) is 0 Å². The Balaban J connectivity index is 0.00000220. The van der Waals surface area contributed by atoms with Gasteiger partial charge < -0.3 is 10.1 Å². The summed E-state index contributed by atoms with van der Waals surface area (Å²) >= 11 is 0. The highest BCUT2D eigenvalue weighted by atomic mass is 35.5. The molecule has 126 valence electrons. The fraction of sp³-hybridized carbons (Fsp3) is 0.562. The number of carbonyl (C=O) groups excluding carboxylic acids is 1. The first-order chi connectivity index (χ1) is 9.70. The highest BCUT2D eigenvalue weighted by Gasteiger charge is 2.21. The molecule has 0 saturated carbocycles. The van der Waals surface area contributed by atoms with Gasteiger partial charge in [-0.25, -0.2) is 0 Å². The van der Waals surface area contributed by atoms with Crippen LogP contribution in [-0.2, 0) is 4.79 Å². The maximum Gasteiger partial charge on any atom is 0.308 e. The van der Waals surface area contributed by atoms with E-state index < -0.39 is 0 Å². The number of nitrogens with one attached hydrogen (secondary N) is 1. The van der Waals surface area contributed by atoms with E-state index in [4.69, 9.17) is 4.74 Å². The molecule has 1 aromatic rings. The van der Waals surface area contributed by atoms with Gasteiger partial charge in [0.2, 0.25) is 0 Å². The summed E-state index contributed by atoms with van der Waals surface area (Å²) < 4.78 is 5.09. The molecular weight excluding hydrogens is 323 g/mol. The van der Waals surface area contributed by atoms with Crippen molar-refractivity contribution in [3.8, 4) is 5.75 Å². The van der Waals surface area contributed by atoms with E-state index in [1.165, 1.54) is 18.9 Å². The lowest BCUT2D eigenvalue weighted by Crippen LogP contribution is -2.45. The molecule has 1 saturated heterocycles. The summed E-state index contributed by atoms with van der Waals surface area (Å²) in [6, 6.07) is 8.42. The minimum absolute atomic E-state index is 0. The first-order valence-electron chi connectivity index (χ1n) is 7.44. The third kappa shape index (κ3) is 6.13. The Labute approximate surface area is 145 Å². The number of hydrogen-bond donors (Lipinski definition) is 1. The Morgan fingerprint density at radius 3 is 2.32 bits per heavy atom. The molecule has 0 unspecified atom stereocenters. The number of piperazine rings is 1. The van der Waals surface area contributed by atoms with Gasteiger partial charge in [0, 0.05) is 39.1 Å². The standard InChI is InChI=1S/C16H24N2O2.2ClH/c1-3-4-16(18-11-9-17-10-12-18)14-5-7-15(8-6-14)20-13(2)19;;/h5-8,16-17H,3-4,9-12H2,1-2H3;2*1H/t16-;;/m0../s1. The number of esters is 1. The molecule has 0 spiro atoms. The SMILES string of the molecule is CCC[C@@H](c1ccc(OC(C)=O)cc1)N1CCNCC1.Cl.Cl. The van der Waals surface area contributed by atoms with E-state index in [0.717, 1.165) is 32.6 Å². The largest absolute Gasteiger partial charge is 0.427 e. The Morgan fingerprint density at radius 1 is 1.23 bits per heavy atom. The van der Waals surface area contributed by atoms with E-state index in [-0.39, 0.29) is 30.8 Å². The van der Waals surface area contributed by atoms with Gasteiger partial charge in [0.1, 0.15) is 5.75 Å². The number of ether oxygens (including phenoxy) is 1. The van der Waals surface area contributed by atoms with E-state index in [0.29, 0.717) is 11.8 Å². The van der Waals surface area contributed by atoms with E-state index in [9.17, 15) is 4.79 Å². The fourth-order valence-corrected chi connectivity index (χ4v) is 2.75. The molecule has 0 radical (unpaired) electrons. The molecule has 1 aromatic carbocycles. The Hall–Kier alpha value is -0.810. The molecule has 1 heterocycles. The van der Waals surface area contributed by atoms with Crippen molar-refractivity contribution in [2.24, 2.45) is 0 Å². The van der Waals surface area contributed by atoms with Crippen molar-refractivity contribution in [1.29, 1.82) is 0 Å². The highest BCUT2D eigenvalue weighted by Crippen LogP contribution is 2.27. The zero-order valence-corrected chi connectivity index (χ0v) is 14.8. The minimum Gasteiger partial charge on any atom is -0.427 e. The van der Waals surface area contributed by atoms with Crippen molar-refractivity contribution >= 4 is 30.8 Å². The summed E-state index contributed by atoms with van der Waals surface area (Å²) in [4.78, 5) is 13.5. The summed E-state index contributed by atoms with van der Waals surface area (Å²) in [5.74, 6) is 0.349. The molecule has 0 aromatic heterocycles. The van der Waals surface area contributed by atoms with Crippen molar-refractivity contribution in [2.75, 3.05) is 26.2 Å². The van der Waals surface area contributed by atoms with Gasteiger partial charge in [-0.3, -0.25) is 9.69 Å². The van der Waals surface area contributed by atoms with Crippen molar-refractivity contribution < 1.29 is 9.53 Å². The molecular formula is C16H26Cl2N2O2. The van der Waals surface area contributed by atoms with Crippen LogP contribution in [0.4, 0.5) is 0 Å². The molecule has 1 aliphatic heterocycles. The summed E-state index contributed by atoms with van der Waals surface area (Å²) in [6.07, 6.45) is 2.33. The second-order valence-corrected chi connectivity index (χ2v) is 5.25. The summed E-state index contributed by atoms with van der Waals surface area (Å²) in [7, 11) is 0. The van der Waals surface area contributed by atoms with Crippen LogP contribution in [0.1, 0.15) is 38.3 Å². The molecule has 0 aliphatic carbocycles. The van der Waals surface area contributed by atoms with Crippen LogP contribution in [0.15, 0.2) is 24.3 Å². The van der Waals surface area contributed by atoms with E-state index in [2.05, 4.69) is 29.3 Å². The van der Waals surface area contributed by atoms with Crippen LogP contribution in [-0.4, -0.2) is 37.0 Å². The monoisotopic (exact) mass is 348 g/mol. The van der Waals surface area contributed by atoms with Crippen LogP contribution in [0.2, 0.25) is 0 Å².